The lowest BCUT2D eigenvalue weighted by molar-refractivity contribution is 0.0515. The minimum absolute atomic E-state index is 0.153. The third kappa shape index (κ3) is 5.53. The monoisotopic (exact) mass is 457 g/mol. The summed E-state index contributed by atoms with van der Waals surface area (Å²) in [6.07, 6.45) is 4.15. The van der Waals surface area contributed by atoms with E-state index in [4.69, 9.17) is 21.9 Å². The SMILES string of the molecule is Cc1cc(N2CCC[C@@H](C)C2)nc(NC(=S)NCC2(c3ccc(F)cc3)CCOCC2)n1. The molecule has 6 nitrogen and oxygen atoms in total. The maximum Gasteiger partial charge on any atom is 0.231 e. The fourth-order valence-corrected chi connectivity index (χ4v) is 4.86. The number of thiocarbonyl (C=S) groups is 1. The molecule has 0 spiro atoms. The van der Waals surface area contributed by atoms with Crippen molar-refractivity contribution in [1.29, 1.82) is 0 Å². The van der Waals surface area contributed by atoms with Crippen molar-refractivity contribution < 1.29 is 9.13 Å². The van der Waals surface area contributed by atoms with Gasteiger partial charge in [-0.2, -0.15) is 4.98 Å². The summed E-state index contributed by atoms with van der Waals surface area (Å²) in [6, 6.07) is 8.81. The van der Waals surface area contributed by atoms with Gasteiger partial charge in [-0.05, 0) is 68.4 Å². The highest BCUT2D eigenvalue weighted by molar-refractivity contribution is 7.80. The fraction of sp³-hybridized carbons (Fsp3) is 0.542. The van der Waals surface area contributed by atoms with Crippen LogP contribution in [0.2, 0.25) is 0 Å². The number of nitrogens with zero attached hydrogens (tertiary/aromatic N) is 3. The van der Waals surface area contributed by atoms with Crippen molar-refractivity contribution in [3.63, 3.8) is 0 Å². The number of hydrogen-bond acceptors (Lipinski definition) is 5. The van der Waals surface area contributed by atoms with Crippen molar-refractivity contribution in [2.75, 3.05) is 43.1 Å². The van der Waals surface area contributed by atoms with E-state index in [0.29, 0.717) is 36.7 Å². The Bertz CT molecular complexity index is 932. The molecule has 1 aromatic heterocycles. The predicted molar refractivity (Wildman–Crippen MR) is 130 cm³/mol. The lowest BCUT2D eigenvalue weighted by Crippen LogP contribution is -2.45. The summed E-state index contributed by atoms with van der Waals surface area (Å²) in [4.78, 5) is 11.6. The number of aromatic nitrogens is 2. The molecular weight excluding hydrogens is 425 g/mol. The number of piperidine rings is 1. The van der Waals surface area contributed by atoms with Gasteiger partial charge in [0.15, 0.2) is 5.11 Å². The first-order valence-electron chi connectivity index (χ1n) is 11.4. The molecule has 0 aliphatic carbocycles. The van der Waals surface area contributed by atoms with Crippen LogP contribution in [0.4, 0.5) is 16.2 Å². The number of anilines is 2. The minimum Gasteiger partial charge on any atom is -0.381 e. The maximum atomic E-state index is 13.5. The van der Waals surface area contributed by atoms with Gasteiger partial charge in [-0.1, -0.05) is 19.1 Å². The molecule has 0 unspecified atom stereocenters. The molecule has 0 radical (unpaired) electrons. The zero-order chi connectivity index (χ0) is 22.6. The molecule has 2 aromatic rings. The van der Waals surface area contributed by atoms with Crippen LogP contribution in [0.15, 0.2) is 30.3 Å². The topological polar surface area (TPSA) is 62.3 Å². The average molecular weight is 458 g/mol. The van der Waals surface area contributed by atoms with Crippen LogP contribution < -0.4 is 15.5 Å². The first kappa shape index (κ1) is 22.9. The van der Waals surface area contributed by atoms with Crippen LogP contribution in [0.5, 0.6) is 0 Å². The van der Waals surface area contributed by atoms with Crippen molar-refractivity contribution in [3.05, 3.63) is 47.4 Å². The second-order valence-electron chi connectivity index (χ2n) is 9.09. The molecule has 2 aliphatic heterocycles. The van der Waals surface area contributed by atoms with Crippen LogP contribution in [0.1, 0.15) is 43.9 Å². The summed E-state index contributed by atoms with van der Waals surface area (Å²) in [5.41, 5.74) is 1.86. The van der Waals surface area contributed by atoms with Gasteiger partial charge in [0.1, 0.15) is 11.6 Å². The lowest BCUT2D eigenvalue weighted by Gasteiger charge is -2.38. The molecule has 32 heavy (non-hydrogen) atoms. The van der Waals surface area contributed by atoms with E-state index in [2.05, 4.69) is 27.4 Å². The van der Waals surface area contributed by atoms with E-state index in [1.54, 1.807) is 0 Å². The second-order valence-corrected chi connectivity index (χ2v) is 9.50. The Morgan fingerprint density at radius 2 is 2.00 bits per heavy atom. The summed E-state index contributed by atoms with van der Waals surface area (Å²) in [5.74, 6) is 1.90. The lowest BCUT2D eigenvalue weighted by atomic mass is 9.74. The molecule has 2 saturated heterocycles. The van der Waals surface area contributed by atoms with Gasteiger partial charge < -0.3 is 20.3 Å². The number of ether oxygens (including phenoxy) is 1. The Morgan fingerprint density at radius 1 is 1.25 bits per heavy atom. The molecule has 4 rings (SSSR count). The van der Waals surface area contributed by atoms with Crippen LogP contribution in [0.3, 0.4) is 0 Å². The highest BCUT2D eigenvalue weighted by atomic mass is 32.1. The van der Waals surface area contributed by atoms with Gasteiger partial charge in [0, 0.05) is 50.0 Å². The van der Waals surface area contributed by atoms with Crippen LogP contribution in [0.25, 0.3) is 0 Å². The Balaban J connectivity index is 1.43. The van der Waals surface area contributed by atoms with Gasteiger partial charge in [-0.15, -0.1) is 0 Å². The first-order chi connectivity index (χ1) is 15.4. The van der Waals surface area contributed by atoms with Gasteiger partial charge in [-0.25, -0.2) is 9.37 Å². The Morgan fingerprint density at radius 3 is 2.72 bits per heavy atom. The quantitative estimate of drug-likeness (QED) is 0.653. The fourth-order valence-electron chi connectivity index (χ4n) is 4.70. The van der Waals surface area contributed by atoms with Crippen molar-refractivity contribution >= 4 is 29.1 Å². The van der Waals surface area contributed by atoms with Crippen molar-refractivity contribution in [3.8, 4) is 0 Å². The molecule has 0 amide bonds. The second kappa shape index (κ2) is 10.1. The van der Waals surface area contributed by atoms with Gasteiger partial charge in [0.25, 0.3) is 0 Å². The number of benzene rings is 1. The molecule has 2 aliphatic rings. The van der Waals surface area contributed by atoms with Crippen molar-refractivity contribution in [2.45, 2.75) is 44.9 Å². The molecule has 0 saturated carbocycles. The third-order valence-electron chi connectivity index (χ3n) is 6.54. The minimum atomic E-state index is -0.225. The largest absolute Gasteiger partial charge is 0.381 e. The summed E-state index contributed by atoms with van der Waals surface area (Å²) in [6.45, 7) is 8.29. The van der Waals surface area contributed by atoms with E-state index in [0.717, 1.165) is 43.0 Å². The molecule has 3 heterocycles. The summed E-state index contributed by atoms with van der Waals surface area (Å²) in [5, 5.41) is 7.02. The predicted octanol–water partition coefficient (Wildman–Crippen LogP) is 4.20. The van der Waals surface area contributed by atoms with E-state index in [-0.39, 0.29) is 11.2 Å². The van der Waals surface area contributed by atoms with Crippen molar-refractivity contribution in [2.24, 2.45) is 5.92 Å². The molecule has 2 fully saturated rings. The van der Waals surface area contributed by atoms with Crippen LogP contribution >= 0.6 is 12.2 Å². The first-order valence-corrected chi connectivity index (χ1v) is 11.8. The van der Waals surface area contributed by atoms with Gasteiger partial charge >= 0.3 is 0 Å². The summed E-state index contributed by atoms with van der Waals surface area (Å²) < 4.78 is 19.1. The van der Waals surface area contributed by atoms with E-state index in [9.17, 15) is 4.39 Å². The third-order valence-corrected chi connectivity index (χ3v) is 6.79. The van der Waals surface area contributed by atoms with Crippen LogP contribution in [0, 0.1) is 18.7 Å². The molecular formula is C24H32FN5OS. The van der Waals surface area contributed by atoms with Gasteiger partial charge in [0.2, 0.25) is 5.95 Å². The molecule has 0 bridgehead atoms. The normalized spacial score (nSPS) is 20.6. The summed E-state index contributed by atoms with van der Waals surface area (Å²) >= 11 is 5.58. The Labute approximate surface area is 195 Å². The van der Waals surface area contributed by atoms with E-state index in [1.807, 2.05) is 25.1 Å². The number of aryl methyl sites for hydroxylation is 1. The highest BCUT2D eigenvalue weighted by Crippen LogP contribution is 2.34. The van der Waals surface area contributed by atoms with E-state index >= 15 is 0 Å². The summed E-state index contributed by atoms with van der Waals surface area (Å²) in [7, 11) is 0. The Kier molecular flexibility index (Phi) is 7.20. The average Bonchev–Trinajstić information content (AvgIpc) is 2.78. The molecule has 1 aromatic carbocycles. The number of hydrogen-bond donors (Lipinski definition) is 2. The van der Waals surface area contributed by atoms with Gasteiger partial charge in [0.05, 0.1) is 0 Å². The smallest absolute Gasteiger partial charge is 0.231 e. The highest BCUT2D eigenvalue weighted by Gasteiger charge is 2.34. The molecule has 1 atom stereocenters. The zero-order valence-corrected chi connectivity index (χ0v) is 19.7. The van der Waals surface area contributed by atoms with E-state index < -0.39 is 0 Å². The van der Waals surface area contributed by atoms with Crippen LogP contribution in [-0.2, 0) is 10.2 Å². The molecule has 2 N–H and O–H groups in total. The molecule has 8 heteroatoms. The number of nitrogens with one attached hydrogen (secondary N) is 2. The number of rotatable bonds is 5. The molecule has 172 valence electrons. The van der Waals surface area contributed by atoms with Crippen LogP contribution in [-0.4, -0.2) is 47.9 Å². The zero-order valence-electron chi connectivity index (χ0n) is 18.9. The maximum absolute atomic E-state index is 13.5. The Hall–Kier alpha value is -2.32. The standard InChI is InChI=1S/C24H32FN5OS/c1-17-4-3-11-30(15-17)21-14-18(2)27-22(28-21)29-23(32)26-16-24(9-12-31-13-10-24)19-5-7-20(25)8-6-19/h5-8,14,17H,3-4,9-13,15-16H2,1-2H3,(H2,26,27,28,29,32)/t17-/m1/s1. The van der Waals surface area contributed by atoms with Gasteiger partial charge in [-0.3, -0.25) is 0 Å². The van der Waals surface area contributed by atoms with Crippen molar-refractivity contribution in [1.82, 2.24) is 15.3 Å². The number of halogens is 1. The van der Waals surface area contributed by atoms with E-state index in [1.165, 1.54) is 25.0 Å².